The maximum atomic E-state index is 12.7. The Morgan fingerprint density at radius 2 is 1.84 bits per heavy atom. The summed E-state index contributed by atoms with van der Waals surface area (Å²) in [6.07, 6.45) is 0. The number of nitrogens with one attached hydrogen (secondary N) is 1. The third-order valence-electron chi connectivity index (χ3n) is 4.55. The van der Waals surface area contributed by atoms with Gasteiger partial charge in [-0.1, -0.05) is 11.6 Å². The minimum absolute atomic E-state index is 0.0548. The molecule has 2 aromatic carbocycles. The van der Waals surface area contributed by atoms with Crippen LogP contribution in [0.3, 0.4) is 0 Å². The number of carbonyl (C=O) groups is 1. The van der Waals surface area contributed by atoms with E-state index in [1.165, 1.54) is 36.7 Å². The van der Waals surface area contributed by atoms with Gasteiger partial charge in [-0.15, -0.1) is 0 Å². The number of ether oxygens (including phenoxy) is 4. The van der Waals surface area contributed by atoms with E-state index in [-0.39, 0.29) is 35.4 Å². The summed E-state index contributed by atoms with van der Waals surface area (Å²) < 4.78 is 47.8. The second-order valence-corrected chi connectivity index (χ2v) is 8.86. The van der Waals surface area contributed by atoms with Crippen molar-refractivity contribution in [3.63, 3.8) is 0 Å². The normalized spacial score (nSPS) is 14.7. The Morgan fingerprint density at radius 1 is 1.10 bits per heavy atom. The van der Waals surface area contributed by atoms with E-state index in [1.807, 2.05) is 0 Å². The summed E-state index contributed by atoms with van der Waals surface area (Å²) in [6, 6.07) is 9.11. The summed E-state index contributed by atoms with van der Waals surface area (Å²) in [4.78, 5) is 12.3. The minimum atomic E-state index is -3.68. The maximum absolute atomic E-state index is 12.7. The van der Waals surface area contributed by atoms with Crippen molar-refractivity contribution in [2.45, 2.75) is 4.90 Å². The molecule has 1 heterocycles. The largest absolute Gasteiger partial charge is 0.497 e. The average molecular weight is 471 g/mol. The number of rotatable bonds is 8. The van der Waals surface area contributed by atoms with Gasteiger partial charge >= 0.3 is 0 Å². The summed E-state index contributed by atoms with van der Waals surface area (Å²) >= 11 is 6.20. The number of anilines is 1. The summed E-state index contributed by atoms with van der Waals surface area (Å²) in [5.74, 6) is 0.775. The molecule has 0 radical (unpaired) electrons. The van der Waals surface area contributed by atoms with Gasteiger partial charge in [0.2, 0.25) is 10.0 Å². The lowest BCUT2D eigenvalue weighted by atomic mass is 10.2. The van der Waals surface area contributed by atoms with Gasteiger partial charge < -0.3 is 24.3 Å². The Balaban J connectivity index is 1.64. The van der Waals surface area contributed by atoms with Crippen LogP contribution in [0.1, 0.15) is 0 Å². The average Bonchev–Trinajstić information content (AvgIpc) is 2.79. The fraction of sp³-hybridized carbons (Fsp3) is 0.350. The van der Waals surface area contributed by atoms with E-state index in [4.69, 9.17) is 30.5 Å². The number of methoxy groups -OCH3 is 2. The first-order valence-electron chi connectivity index (χ1n) is 9.37. The number of sulfonamides is 1. The van der Waals surface area contributed by atoms with Crippen LogP contribution in [0.4, 0.5) is 5.69 Å². The highest BCUT2D eigenvalue weighted by Gasteiger charge is 2.27. The summed E-state index contributed by atoms with van der Waals surface area (Å²) in [6.45, 7) is 0.940. The standard InChI is InChI=1S/C20H23ClN2O7S/c1-27-14-3-5-17(19(11-14)28-2)22-20(24)13-30-18-6-4-15(12-16(18)21)31(25,26)23-7-9-29-10-8-23/h3-6,11-12H,7-10,13H2,1-2H3,(H,22,24). The molecule has 0 bridgehead atoms. The lowest BCUT2D eigenvalue weighted by molar-refractivity contribution is -0.118. The van der Waals surface area contributed by atoms with Gasteiger partial charge in [0.25, 0.3) is 5.91 Å². The molecule has 0 spiro atoms. The SMILES string of the molecule is COc1ccc(NC(=O)COc2ccc(S(=O)(=O)N3CCOCC3)cc2Cl)c(OC)c1. The van der Waals surface area contributed by atoms with Crippen molar-refractivity contribution in [3.8, 4) is 17.2 Å². The van der Waals surface area contributed by atoms with Gasteiger partial charge in [0, 0.05) is 19.2 Å². The van der Waals surface area contributed by atoms with Crippen LogP contribution >= 0.6 is 11.6 Å². The van der Waals surface area contributed by atoms with Crippen LogP contribution in [-0.4, -0.2) is 65.8 Å². The summed E-state index contributed by atoms with van der Waals surface area (Å²) in [5, 5.41) is 2.77. The molecule has 0 saturated carbocycles. The molecule has 1 fully saturated rings. The highest BCUT2D eigenvalue weighted by atomic mass is 35.5. The highest BCUT2D eigenvalue weighted by molar-refractivity contribution is 7.89. The van der Waals surface area contributed by atoms with E-state index in [9.17, 15) is 13.2 Å². The second kappa shape index (κ2) is 10.2. The number of morpholine rings is 1. The molecule has 1 N–H and O–H groups in total. The van der Waals surface area contributed by atoms with E-state index in [0.29, 0.717) is 30.4 Å². The lowest BCUT2D eigenvalue weighted by Gasteiger charge is -2.26. The van der Waals surface area contributed by atoms with Crippen LogP contribution in [0.25, 0.3) is 0 Å². The first-order chi connectivity index (χ1) is 14.8. The van der Waals surface area contributed by atoms with Crippen molar-refractivity contribution in [1.29, 1.82) is 0 Å². The third kappa shape index (κ3) is 5.59. The number of hydrogen-bond donors (Lipinski definition) is 1. The fourth-order valence-corrected chi connectivity index (χ4v) is 4.66. The Morgan fingerprint density at radius 3 is 2.48 bits per heavy atom. The van der Waals surface area contributed by atoms with Crippen molar-refractivity contribution in [3.05, 3.63) is 41.4 Å². The van der Waals surface area contributed by atoms with E-state index in [0.717, 1.165) is 0 Å². The minimum Gasteiger partial charge on any atom is -0.497 e. The topological polar surface area (TPSA) is 103 Å². The molecule has 0 aliphatic carbocycles. The molecule has 0 aromatic heterocycles. The van der Waals surface area contributed by atoms with Crippen molar-refractivity contribution in [1.82, 2.24) is 4.31 Å². The molecule has 1 aliphatic heterocycles. The van der Waals surface area contributed by atoms with Crippen molar-refractivity contribution >= 4 is 33.2 Å². The molecule has 0 unspecified atom stereocenters. The molecule has 1 aliphatic rings. The zero-order chi connectivity index (χ0) is 22.4. The molecule has 2 aromatic rings. The molecule has 0 atom stereocenters. The second-order valence-electron chi connectivity index (χ2n) is 6.51. The van der Waals surface area contributed by atoms with Gasteiger partial charge in [0.05, 0.1) is 43.0 Å². The molecular formula is C20H23ClN2O7S. The van der Waals surface area contributed by atoms with Gasteiger partial charge in [-0.05, 0) is 30.3 Å². The molecule has 1 amide bonds. The van der Waals surface area contributed by atoms with Crippen LogP contribution in [0.15, 0.2) is 41.3 Å². The van der Waals surface area contributed by atoms with Gasteiger partial charge in [-0.25, -0.2) is 8.42 Å². The first kappa shape index (κ1) is 23.1. The number of hydrogen-bond acceptors (Lipinski definition) is 7. The van der Waals surface area contributed by atoms with E-state index in [2.05, 4.69) is 5.32 Å². The van der Waals surface area contributed by atoms with Crippen LogP contribution in [0.2, 0.25) is 5.02 Å². The predicted octanol–water partition coefficient (Wildman–Crippen LogP) is 2.40. The molecular weight excluding hydrogens is 448 g/mol. The number of nitrogens with zero attached hydrogens (tertiary/aromatic N) is 1. The molecule has 3 rings (SSSR count). The number of halogens is 1. The van der Waals surface area contributed by atoms with Crippen LogP contribution in [0, 0.1) is 0 Å². The summed E-state index contributed by atoms with van der Waals surface area (Å²) in [7, 11) is -0.668. The molecule has 1 saturated heterocycles. The monoisotopic (exact) mass is 470 g/mol. The maximum Gasteiger partial charge on any atom is 0.262 e. The quantitative estimate of drug-likeness (QED) is 0.631. The smallest absolute Gasteiger partial charge is 0.262 e. The lowest BCUT2D eigenvalue weighted by Crippen LogP contribution is -2.40. The van der Waals surface area contributed by atoms with Crippen molar-refractivity contribution in [2.24, 2.45) is 0 Å². The molecule has 9 nitrogen and oxygen atoms in total. The molecule has 31 heavy (non-hydrogen) atoms. The fourth-order valence-electron chi connectivity index (χ4n) is 2.93. The number of amides is 1. The van der Waals surface area contributed by atoms with Crippen LogP contribution < -0.4 is 19.5 Å². The van der Waals surface area contributed by atoms with Crippen LogP contribution in [0.5, 0.6) is 17.2 Å². The van der Waals surface area contributed by atoms with Gasteiger partial charge in [0.1, 0.15) is 17.2 Å². The number of benzene rings is 2. The van der Waals surface area contributed by atoms with Gasteiger partial charge in [-0.3, -0.25) is 4.79 Å². The van der Waals surface area contributed by atoms with Crippen molar-refractivity contribution in [2.75, 3.05) is 52.4 Å². The van der Waals surface area contributed by atoms with E-state index in [1.54, 1.807) is 18.2 Å². The Bertz CT molecular complexity index is 1040. The molecule has 11 heteroatoms. The first-order valence-corrected chi connectivity index (χ1v) is 11.2. The van der Waals surface area contributed by atoms with Gasteiger partial charge in [0.15, 0.2) is 6.61 Å². The Hall–Kier alpha value is -2.53. The molecule has 168 valence electrons. The van der Waals surface area contributed by atoms with E-state index < -0.39 is 15.9 Å². The van der Waals surface area contributed by atoms with Crippen LogP contribution in [-0.2, 0) is 19.6 Å². The van der Waals surface area contributed by atoms with Crippen molar-refractivity contribution < 1.29 is 32.2 Å². The zero-order valence-corrected chi connectivity index (χ0v) is 18.7. The third-order valence-corrected chi connectivity index (χ3v) is 6.74. The Labute approximate surface area is 185 Å². The zero-order valence-electron chi connectivity index (χ0n) is 17.1. The predicted molar refractivity (Wildman–Crippen MR) is 115 cm³/mol. The summed E-state index contributed by atoms with van der Waals surface area (Å²) in [5.41, 5.74) is 0.454. The Kier molecular flexibility index (Phi) is 7.60. The highest BCUT2D eigenvalue weighted by Crippen LogP contribution is 2.30. The van der Waals surface area contributed by atoms with E-state index >= 15 is 0 Å². The number of carbonyl (C=O) groups excluding carboxylic acids is 1. The van der Waals surface area contributed by atoms with Gasteiger partial charge in [-0.2, -0.15) is 4.31 Å².